The van der Waals surface area contributed by atoms with Crippen molar-refractivity contribution in [1.29, 1.82) is 0 Å². The van der Waals surface area contributed by atoms with Crippen LogP contribution < -0.4 is 10.9 Å². The molecule has 1 saturated heterocycles. The Morgan fingerprint density at radius 3 is 2.59 bits per heavy atom. The first kappa shape index (κ1) is 25.1. The first-order valence-electron chi connectivity index (χ1n) is 13.0. The number of carbonyl (C=O) groups excluding carboxylic acids is 1. The number of ether oxygens (including phenoxy) is 1. The van der Waals surface area contributed by atoms with Crippen molar-refractivity contribution in [2.75, 3.05) is 32.8 Å². The van der Waals surface area contributed by atoms with E-state index in [1.807, 2.05) is 6.07 Å². The predicted molar refractivity (Wildman–Crippen MR) is 142 cm³/mol. The Hall–Kier alpha value is -3.61. The summed E-state index contributed by atoms with van der Waals surface area (Å²) in [5.74, 6) is 0.352. The van der Waals surface area contributed by atoms with Gasteiger partial charge in [0.05, 0.1) is 25.5 Å². The Morgan fingerprint density at radius 2 is 1.89 bits per heavy atom. The highest BCUT2D eigenvalue weighted by atomic mass is 16.5. The first-order valence-corrected chi connectivity index (χ1v) is 13.0. The number of morpholine rings is 1. The average Bonchev–Trinajstić information content (AvgIpc) is 2.94. The zero-order valence-electron chi connectivity index (χ0n) is 21.2. The number of hydrogen-bond donors (Lipinski definition) is 1. The summed E-state index contributed by atoms with van der Waals surface area (Å²) in [6, 6.07) is 7.16. The third kappa shape index (κ3) is 5.71. The van der Waals surface area contributed by atoms with Crippen molar-refractivity contribution < 1.29 is 9.53 Å². The van der Waals surface area contributed by atoms with Crippen LogP contribution in [0.25, 0.3) is 27.1 Å². The molecule has 2 fully saturated rings. The maximum absolute atomic E-state index is 13.6. The minimum absolute atomic E-state index is 0.0928. The fourth-order valence-electron chi connectivity index (χ4n) is 5.13. The number of hydrogen-bond acceptors (Lipinski definition) is 6. The SMILES string of the molecule is [C-]#[N+]c1ccc(-c2cnc3c(c2)cc(C(=O)NC2CCC(C)CC2)c(=O)n3CCN2CCOCC2)nc1. The zero-order valence-corrected chi connectivity index (χ0v) is 21.2. The largest absolute Gasteiger partial charge is 0.379 e. The summed E-state index contributed by atoms with van der Waals surface area (Å²) >= 11 is 0. The van der Waals surface area contributed by atoms with Crippen molar-refractivity contribution in [3.05, 3.63) is 64.0 Å². The molecule has 0 bridgehead atoms. The van der Waals surface area contributed by atoms with Crippen molar-refractivity contribution in [3.8, 4) is 11.3 Å². The lowest BCUT2D eigenvalue weighted by atomic mass is 9.87. The molecule has 1 aliphatic heterocycles. The molecule has 0 radical (unpaired) electrons. The second-order valence-electron chi connectivity index (χ2n) is 10.0. The smallest absolute Gasteiger partial charge is 0.265 e. The highest BCUT2D eigenvalue weighted by Gasteiger charge is 2.23. The molecule has 0 atom stereocenters. The summed E-state index contributed by atoms with van der Waals surface area (Å²) in [6.45, 7) is 13.5. The summed E-state index contributed by atoms with van der Waals surface area (Å²) < 4.78 is 7.07. The van der Waals surface area contributed by atoms with E-state index in [1.165, 1.54) is 6.20 Å². The molecule has 9 heteroatoms. The maximum atomic E-state index is 13.6. The predicted octanol–water partition coefficient (Wildman–Crippen LogP) is 3.65. The van der Waals surface area contributed by atoms with Gasteiger partial charge in [0.2, 0.25) is 5.69 Å². The van der Waals surface area contributed by atoms with Crippen molar-refractivity contribution in [2.45, 2.75) is 45.2 Å². The topological polar surface area (TPSA) is 93.7 Å². The van der Waals surface area contributed by atoms with Crippen molar-refractivity contribution in [3.63, 3.8) is 0 Å². The second-order valence-corrected chi connectivity index (χ2v) is 10.0. The van der Waals surface area contributed by atoms with Crippen LogP contribution in [0.1, 0.15) is 43.0 Å². The van der Waals surface area contributed by atoms with Gasteiger partial charge in [-0.1, -0.05) is 13.0 Å². The number of nitrogens with zero attached hydrogens (tertiary/aromatic N) is 5. The van der Waals surface area contributed by atoms with E-state index in [9.17, 15) is 9.59 Å². The lowest BCUT2D eigenvalue weighted by Crippen LogP contribution is -2.42. The van der Waals surface area contributed by atoms with E-state index in [1.54, 1.807) is 29.0 Å². The van der Waals surface area contributed by atoms with Crippen LogP contribution in [0.5, 0.6) is 0 Å². The van der Waals surface area contributed by atoms with E-state index in [2.05, 4.69) is 32.0 Å². The second kappa shape index (κ2) is 11.2. The normalized spacial score (nSPS) is 20.4. The number of fused-ring (bicyclic) bond motifs is 1. The van der Waals surface area contributed by atoms with Gasteiger partial charge in [0, 0.05) is 55.6 Å². The van der Waals surface area contributed by atoms with Gasteiger partial charge < -0.3 is 10.1 Å². The Labute approximate surface area is 216 Å². The number of aromatic nitrogens is 3. The first-order chi connectivity index (χ1) is 18.0. The molecule has 2 aliphatic rings. The van der Waals surface area contributed by atoms with Gasteiger partial charge in [0.25, 0.3) is 11.5 Å². The molecule has 1 amide bonds. The zero-order chi connectivity index (χ0) is 25.8. The molecule has 0 unspecified atom stereocenters. The van der Waals surface area contributed by atoms with Crippen LogP contribution >= 0.6 is 0 Å². The van der Waals surface area contributed by atoms with Gasteiger partial charge in [-0.05, 0) is 49.8 Å². The van der Waals surface area contributed by atoms with E-state index in [0.717, 1.165) is 44.3 Å². The highest BCUT2D eigenvalue weighted by Crippen LogP contribution is 2.25. The molecular weight excluding hydrogens is 468 g/mol. The van der Waals surface area contributed by atoms with Crippen LogP contribution in [0, 0.1) is 12.5 Å². The number of pyridine rings is 3. The van der Waals surface area contributed by atoms with E-state index < -0.39 is 0 Å². The van der Waals surface area contributed by atoms with Crippen molar-refractivity contribution >= 4 is 22.6 Å². The van der Waals surface area contributed by atoms with Gasteiger partial charge in [0.15, 0.2) is 0 Å². The highest BCUT2D eigenvalue weighted by molar-refractivity contribution is 5.97. The van der Waals surface area contributed by atoms with Crippen LogP contribution in [-0.4, -0.2) is 64.2 Å². The summed E-state index contributed by atoms with van der Waals surface area (Å²) in [5, 5.41) is 3.82. The summed E-state index contributed by atoms with van der Waals surface area (Å²) in [7, 11) is 0. The molecule has 0 aromatic carbocycles. The van der Waals surface area contributed by atoms with Gasteiger partial charge in [-0.3, -0.25) is 24.0 Å². The van der Waals surface area contributed by atoms with Crippen LogP contribution in [0.4, 0.5) is 5.69 Å². The molecule has 4 heterocycles. The third-order valence-corrected chi connectivity index (χ3v) is 7.44. The molecule has 1 saturated carbocycles. The van der Waals surface area contributed by atoms with Gasteiger partial charge in [0.1, 0.15) is 11.2 Å². The maximum Gasteiger partial charge on any atom is 0.265 e. The summed E-state index contributed by atoms with van der Waals surface area (Å²) in [6.07, 6.45) is 7.25. The molecule has 3 aromatic heterocycles. The standard InChI is InChI=1S/C28H32N6O3/c1-19-3-5-22(6-4-19)32-27(35)24-16-20-15-21(25-8-7-23(29-2)18-30-25)17-31-26(20)34(28(24)36)10-9-33-11-13-37-14-12-33/h7-8,15-19,22H,3-6,9-14H2,1H3,(H,32,35). The molecule has 9 nitrogen and oxygen atoms in total. The molecular formula is C28H32N6O3. The number of amides is 1. The van der Waals surface area contributed by atoms with Crippen LogP contribution in [0.2, 0.25) is 0 Å². The Morgan fingerprint density at radius 1 is 1.11 bits per heavy atom. The number of nitrogens with one attached hydrogen (secondary N) is 1. The molecule has 192 valence electrons. The van der Waals surface area contributed by atoms with Crippen molar-refractivity contribution in [1.82, 2.24) is 24.8 Å². The molecule has 37 heavy (non-hydrogen) atoms. The molecule has 1 N–H and O–H groups in total. The molecule has 5 rings (SSSR count). The van der Waals surface area contributed by atoms with Crippen LogP contribution in [0.15, 0.2) is 41.5 Å². The molecule has 0 spiro atoms. The fraction of sp³-hybridized carbons (Fsp3) is 0.464. The lowest BCUT2D eigenvalue weighted by Gasteiger charge is -2.27. The lowest BCUT2D eigenvalue weighted by molar-refractivity contribution is 0.0364. The minimum atomic E-state index is -0.323. The fourth-order valence-corrected chi connectivity index (χ4v) is 5.13. The van der Waals surface area contributed by atoms with Gasteiger partial charge in [-0.25, -0.2) is 9.83 Å². The Bertz CT molecular complexity index is 1360. The number of rotatable bonds is 6. The monoisotopic (exact) mass is 500 g/mol. The minimum Gasteiger partial charge on any atom is -0.379 e. The van der Waals surface area contributed by atoms with Gasteiger partial charge in [-0.15, -0.1) is 0 Å². The van der Waals surface area contributed by atoms with Crippen LogP contribution in [-0.2, 0) is 11.3 Å². The molecule has 1 aliphatic carbocycles. The summed E-state index contributed by atoms with van der Waals surface area (Å²) in [5.41, 5.74) is 2.27. The quantitative estimate of drug-likeness (QED) is 0.520. The summed E-state index contributed by atoms with van der Waals surface area (Å²) in [4.78, 5) is 41.6. The molecule has 3 aromatic rings. The van der Waals surface area contributed by atoms with E-state index in [0.29, 0.717) is 54.6 Å². The van der Waals surface area contributed by atoms with Crippen molar-refractivity contribution in [2.24, 2.45) is 5.92 Å². The Kier molecular flexibility index (Phi) is 7.58. The average molecular weight is 501 g/mol. The van der Waals surface area contributed by atoms with Crippen LogP contribution in [0.3, 0.4) is 0 Å². The Balaban J connectivity index is 1.50. The van der Waals surface area contributed by atoms with Gasteiger partial charge >= 0.3 is 0 Å². The number of carbonyl (C=O) groups is 1. The van der Waals surface area contributed by atoms with E-state index >= 15 is 0 Å². The van der Waals surface area contributed by atoms with Gasteiger partial charge in [-0.2, -0.15) is 0 Å². The third-order valence-electron chi connectivity index (χ3n) is 7.44. The van der Waals surface area contributed by atoms with E-state index in [-0.39, 0.29) is 23.1 Å². The van der Waals surface area contributed by atoms with E-state index in [4.69, 9.17) is 11.3 Å².